The highest BCUT2D eigenvalue weighted by molar-refractivity contribution is 7.99. The molecule has 0 spiro atoms. The van der Waals surface area contributed by atoms with Crippen LogP contribution in [0.3, 0.4) is 0 Å². The number of amides is 1. The maximum absolute atomic E-state index is 12.6. The van der Waals surface area contributed by atoms with Crippen molar-refractivity contribution >= 4 is 40.2 Å². The predicted molar refractivity (Wildman–Crippen MR) is 115 cm³/mol. The molecule has 1 amide bonds. The van der Waals surface area contributed by atoms with E-state index in [0.717, 1.165) is 22.7 Å². The summed E-state index contributed by atoms with van der Waals surface area (Å²) >= 11 is 1.45. The van der Waals surface area contributed by atoms with Gasteiger partial charge in [-0.25, -0.2) is 4.98 Å². The molecule has 1 aromatic heterocycles. The van der Waals surface area contributed by atoms with Crippen LogP contribution < -0.4 is 5.32 Å². The number of carbonyl (C=O) groups excluding carboxylic acids is 2. The van der Waals surface area contributed by atoms with Gasteiger partial charge in [0.25, 0.3) is 0 Å². The first-order chi connectivity index (χ1) is 13.5. The number of rotatable bonds is 8. The second-order valence-electron chi connectivity index (χ2n) is 7.06. The Bertz CT molecular complexity index is 977. The molecule has 5 nitrogen and oxygen atoms in total. The molecule has 0 bridgehead atoms. The number of anilines is 1. The van der Waals surface area contributed by atoms with Crippen LogP contribution >= 0.6 is 11.8 Å². The van der Waals surface area contributed by atoms with Crippen LogP contribution in [-0.4, -0.2) is 27.0 Å². The second kappa shape index (κ2) is 9.06. The Morgan fingerprint density at radius 1 is 1.11 bits per heavy atom. The molecule has 1 N–H and O–H groups in total. The summed E-state index contributed by atoms with van der Waals surface area (Å²) in [6, 6.07) is 15.1. The van der Waals surface area contributed by atoms with Crippen molar-refractivity contribution in [1.29, 1.82) is 0 Å². The van der Waals surface area contributed by atoms with Gasteiger partial charge in [0.1, 0.15) is 0 Å². The number of Topliss-reactive ketones (excluding diaryl/α,β-unsaturated/α-hetero) is 1. The number of imidazole rings is 1. The Hall–Kier alpha value is -2.60. The normalized spacial score (nSPS) is 11.1. The van der Waals surface area contributed by atoms with Crippen LogP contribution in [-0.2, 0) is 11.3 Å². The SMILES string of the molecule is CCn1c(SCC(=O)c2ccc(NC(=O)CC(C)C)cc2)nc2ccccc21. The number of aryl methyl sites for hydroxylation is 1. The standard InChI is InChI=1S/C22H25N3O2S/c1-4-25-19-8-6-5-7-18(19)24-22(25)28-14-20(26)16-9-11-17(12-10-16)23-21(27)13-15(2)3/h5-12,15H,4,13-14H2,1-3H3,(H,23,27). The number of aromatic nitrogens is 2. The fraction of sp³-hybridized carbons (Fsp3) is 0.318. The average Bonchev–Trinajstić information content (AvgIpc) is 3.03. The molecule has 0 atom stereocenters. The van der Waals surface area contributed by atoms with Crippen LogP contribution in [0.4, 0.5) is 5.69 Å². The fourth-order valence-corrected chi connectivity index (χ4v) is 3.98. The maximum Gasteiger partial charge on any atom is 0.224 e. The summed E-state index contributed by atoms with van der Waals surface area (Å²) in [5.74, 6) is 0.663. The molecule has 146 valence electrons. The number of thioether (sulfide) groups is 1. The lowest BCUT2D eigenvalue weighted by Crippen LogP contribution is -2.14. The largest absolute Gasteiger partial charge is 0.326 e. The van der Waals surface area contributed by atoms with Gasteiger partial charge in [0.05, 0.1) is 16.8 Å². The lowest BCUT2D eigenvalue weighted by Gasteiger charge is -2.08. The molecule has 6 heteroatoms. The third-order valence-corrected chi connectivity index (χ3v) is 5.33. The van der Waals surface area contributed by atoms with Crippen LogP contribution in [0.1, 0.15) is 37.6 Å². The Kier molecular flexibility index (Phi) is 6.52. The summed E-state index contributed by atoms with van der Waals surface area (Å²) in [4.78, 5) is 29.1. The highest BCUT2D eigenvalue weighted by Crippen LogP contribution is 2.25. The molecule has 0 aliphatic heterocycles. The smallest absolute Gasteiger partial charge is 0.224 e. The van der Waals surface area contributed by atoms with Gasteiger partial charge in [-0.3, -0.25) is 9.59 Å². The van der Waals surface area contributed by atoms with Gasteiger partial charge in [0.2, 0.25) is 5.91 Å². The van der Waals surface area contributed by atoms with E-state index >= 15 is 0 Å². The molecule has 1 heterocycles. The first-order valence-electron chi connectivity index (χ1n) is 9.49. The van der Waals surface area contributed by atoms with Crippen LogP contribution in [0.2, 0.25) is 0 Å². The van der Waals surface area contributed by atoms with Gasteiger partial charge in [-0.05, 0) is 49.2 Å². The summed E-state index contributed by atoms with van der Waals surface area (Å²) in [6.07, 6.45) is 0.482. The van der Waals surface area contributed by atoms with Gasteiger partial charge >= 0.3 is 0 Å². The number of fused-ring (bicyclic) bond motifs is 1. The van der Waals surface area contributed by atoms with Crippen LogP contribution in [0.5, 0.6) is 0 Å². The zero-order chi connectivity index (χ0) is 20.1. The Morgan fingerprint density at radius 3 is 2.50 bits per heavy atom. The molecular weight excluding hydrogens is 370 g/mol. The van der Waals surface area contributed by atoms with Crippen molar-refractivity contribution in [3.05, 3.63) is 54.1 Å². The van der Waals surface area contributed by atoms with E-state index in [1.54, 1.807) is 24.3 Å². The van der Waals surface area contributed by atoms with E-state index in [9.17, 15) is 9.59 Å². The number of benzene rings is 2. The first kappa shape index (κ1) is 20.1. The molecule has 0 saturated heterocycles. The van der Waals surface area contributed by atoms with Gasteiger partial charge in [-0.2, -0.15) is 0 Å². The summed E-state index contributed by atoms with van der Waals surface area (Å²) in [6.45, 7) is 6.89. The highest BCUT2D eigenvalue weighted by Gasteiger charge is 2.13. The zero-order valence-corrected chi connectivity index (χ0v) is 17.3. The summed E-state index contributed by atoms with van der Waals surface area (Å²) in [5, 5.41) is 3.71. The molecule has 3 rings (SSSR count). The molecule has 0 aliphatic carbocycles. The second-order valence-corrected chi connectivity index (χ2v) is 8.01. The molecule has 0 aliphatic rings. The number of ketones is 1. The zero-order valence-electron chi connectivity index (χ0n) is 16.4. The van der Waals surface area contributed by atoms with Gasteiger partial charge in [-0.1, -0.05) is 37.7 Å². The van der Waals surface area contributed by atoms with Crippen molar-refractivity contribution in [2.24, 2.45) is 5.92 Å². The number of hydrogen-bond acceptors (Lipinski definition) is 4. The molecule has 0 fully saturated rings. The Labute approximate surface area is 169 Å². The lowest BCUT2D eigenvalue weighted by atomic mass is 10.1. The lowest BCUT2D eigenvalue weighted by molar-refractivity contribution is -0.116. The molecular formula is C22H25N3O2S. The minimum absolute atomic E-state index is 0.0110. The van der Waals surface area contributed by atoms with E-state index in [4.69, 9.17) is 0 Å². The highest BCUT2D eigenvalue weighted by atomic mass is 32.2. The van der Waals surface area contributed by atoms with Gasteiger partial charge in [0.15, 0.2) is 10.9 Å². The number of para-hydroxylation sites is 2. The fourth-order valence-electron chi connectivity index (χ4n) is 3.00. The number of carbonyl (C=O) groups is 2. The molecule has 0 radical (unpaired) electrons. The third kappa shape index (κ3) is 4.81. The number of nitrogens with zero attached hydrogens (tertiary/aromatic N) is 2. The van der Waals surface area contributed by atoms with Crippen molar-refractivity contribution < 1.29 is 9.59 Å². The number of nitrogens with one attached hydrogen (secondary N) is 1. The molecule has 2 aromatic carbocycles. The minimum Gasteiger partial charge on any atom is -0.326 e. The van der Waals surface area contributed by atoms with Crippen molar-refractivity contribution in [2.75, 3.05) is 11.1 Å². The monoisotopic (exact) mass is 395 g/mol. The van der Waals surface area contributed by atoms with Crippen LogP contribution in [0, 0.1) is 5.92 Å². The van der Waals surface area contributed by atoms with E-state index in [1.165, 1.54) is 11.8 Å². The Balaban J connectivity index is 1.63. The predicted octanol–water partition coefficient (Wildman–Crippen LogP) is 5.02. The third-order valence-electron chi connectivity index (χ3n) is 4.35. The minimum atomic E-state index is -0.0110. The van der Waals surface area contributed by atoms with E-state index < -0.39 is 0 Å². The topological polar surface area (TPSA) is 64.0 Å². The van der Waals surface area contributed by atoms with Gasteiger partial charge in [-0.15, -0.1) is 0 Å². The number of hydrogen-bond donors (Lipinski definition) is 1. The van der Waals surface area contributed by atoms with E-state index in [-0.39, 0.29) is 11.7 Å². The van der Waals surface area contributed by atoms with Gasteiger partial charge < -0.3 is 9.88 Å². The molecule has 0 unspecified atom stereocenters. The van der Waals surface area contributed by atoms with E-state index in [0.29, 0.717) is 29.3 Å². The maximum atomic E-state index is 12.6. The van der Waals surface area contributed by atoms with Crippen molar-refractivity contribution in [3.8, 4) is 0 Å². The van der Waals surface area contributed by atoms with Gasteiger partial charge in [0, 0.05) is 24.2 Å². The van der Waals surface area contributed by atoms with Crippen molar-refractivity contribution in [1.82, 2.24) is 9.55 Å². The average molecular weight is 396 g/mol. The Morgan fingerprint density at radius 2 is 1.82 bits per heavy atom. The summed E-state index contributed by atoms with van der Waals surface area (Å²) in [7, 11) is 0. The summed E-state index contributed by atoms with van der Waals surface area (Å²) in [5.41, 5.74) is 3.37. The van der Waals surface area contributed by atoms with Crippen LogP contribution in [0.25, 0.3) is 11.0 Å². The molecule has 3 aromatic rings. The van der Waals surface area contributed by atoms with E-state index in [2.05, 4.69) is 21.8 Å². The molecule has 0 saturated carbocycles. The van der Waals surface area contributed by atoms with Crippen LogP contribution in [0.15, 0.2) is 53.7 Å². The first-order valence-corrected chi connectivity index (χ1v) is 10.5. The van der Waals surface area contributed by atoms with Crippen molar-refractivity contribution in [2.45, 2.75) is 38.9 Å². The molecule has 28 heavy (non-hydrogen) atoms. The van der Waals surface area contributed by atoms with E-state index in [1.807, 2.05) is 38.1 Å². The quantitative estimate of drug-likeness (QED) is 0.430. The van der Waals surface area contributed by atoms with Crippen molar-refractivity contribution in [3.63, 3.8) is 0 Å². The summed E-state index contributed by atoms with van der Waals surface area (Å²) < 4.78 is 2.13.